The van der Waals surface area contributed by atoms with E-state index in [1.165, 1.54) is 16.5 Å². The van der Waals surface area contributed by atoms with Crippen molar-refractivity contribution < 1.29 is 9.59 Å². The summed E-state index contributed by atoms with van der Waals surface area (Å²) in [6, 6.07) is 18.3. The minimum Gasteiger partial charge on any atom is -0.361 e. The number of hydrogen-bond donors (Lipinski definition) is 2. The third-order valence-electron chi connectivity index (χ3n) is 5.47. The fourth-order valence-electron chi connectivity index (χ4n) is 3.88. The van der Waals surface area contributed by atoms with E-state index in [4.69, 9.17) is 0 Å². The van der Waals surface area contributed by atoms with Crippen LogP contribution in [0.15, 0.2) is 60.8 Å². The maximum Gasteiger partial charge on any atom is 0.225 e. The number of aromatic amines is 1. The van der Waals surface area contributed by atoms with E-state index in [2.05, 4.69) is 28.5 Å². The van der Waals surface area contributed by atoms with Gasteiger partial charge < -0.3 is 15.2 Å². The lowest BCUT2D eigenvalue weighted by Gasteiger charge is -2.16. The van der Waals surface area contributed by atoms with E-state index >= 15 is 0 Å². The average molecular weight is 375 g/mol. The monoisotopic (exact) mass is 375 g/mol. The Morgan fingerprint density at radius 3 is 2.71 bits per heavy atom. The van der Waals surface area contributed by atoms with Gasteiger partial charge in [-0.1, -0.05) is 48.5 Å². The lowest BCUT2D eigenvalue weighted by Crippen LogP contribution is -2.34. The molecule has 1 aliphatic heterocycles. The van der Waals surface area contributed by atoms with Crippen LogP contribution in [0.5, 0.6) is 0 Å². The van der Waals surface area contributed by atoms with Crippen molar-refractivity contribution in [2.24, 2.45) is 5.92 Å². The number of nitrogens with zero attached hydrogens (tertiary/aromatic N) is 1. The maximum atomic E-state index is 12.5. The van der Waals surface area contributed by atoms with Gasteiger partial charge in [-0.25, -0.2) is 0 Å². The Kier molecular flexibility index (Phi) is 5.42. The molecule has 4 rings (SSSR count). The van der Waals surface area contributed by atoms with E-state index < -0.39 is 0 Å². The Bertz CT molecular complexity index is 964. The van der Waals surface area contributed by atoms with Crippen LogP contribution in [0.4, 0.5) is 0 Å². The standard InChI is InChI=1S/C23H25N3O2/c27-22-14-19(16-26(22)13-11-17-6-2-1-3-7-17)23(28)24-12-10-18-15-25-21-9-5-4-8-20(18)21/h1-9,15,19,25H,10-14,16H2,(H,24,28)/t19-/m0/s1. The van der Waals surface area contributed by atoms with E-state index in [0.717, 1.165) is 18.4 Å². The lowest BCUT2D eigenvalue weighted by molar-refractivity contribution is -0.129. The summed E-state index contributed by atoms with van der Waals surface area (Å²) >= 11 is 0. The molecule has 0 bridgehead atoms. The molecule has 144 valence electrons. The highest BCUT2D eigenvalue weighted by Crippen LogP contribution is 2.20. The molecular weight excluding hydrogens is 350 g/mol. The summed E-state index contributed by atoms with van der Waals surface area (Å²) in [5, 5.41) is 4.21. The van der Waals surface area contributed by atoms with Crippen LogP contribution in [-0.4, -0.2) is 41.3 Å². The number of carbonyl (C=O) groups is 2. The number of amides is 2. The van der Waals surface area contributed by atoms with Gasteiger partial charge in [0, 0.05) is 43.2 Å². The van der Waals surface area contributed by atoms with Gasteiger partial charge in [-0.15, -0.1) is 0 Å². The summed E-state index contributed by atoms with van der Waals surface area (Å²) in [6.45, 7) is 1.77. The number of nitrogens with one attached hydrogen (secondary N) is 2. The zero-order chi connectivity index (χ0) is 19.3. The van der Waals surface area contributed by atoms with Crippen molar-refractivity contribution >= 4 is 22.7 Å². The van der Waals surface area contributed by atoms with Crippen LogP contribution in [0.3, 0.4) is 0 Å². The second kappa shape index (κ2) is 8.30. The molecule has 2 aromatic carbocycles. The van der Waals surface area contributed by atoms with Crippen molar-refractivity contribution in [2.75, 3.05) is 19.6 Å². The van der Waals surface area contributed by atoms with E-state index in [9.17, 15) is 9.59 Å². The van der Waals surface area contributed by atoms with Crippen LogP contribution in [-0.2, 0) is 22.4 Å². The fraction of sp³-hybridized carbons (Fsp3) is 0.304. The van der Waals surface area contributed by atoms with Crippen LogP contribution in [0.1, 0.15) is 17.5 Å². The Balaban J connectivity index is 1.25. The summed E-state index contributed by atoms with van der Waals surface area (Å²) in [7, 11) is 0. The van der Waals surface area contributed by atoms with Gasteiger partial charge in [0.15, 0.2) is 0 Å². The largest absolute Gasteiger partial charge is 0.361 e. The number of carbonyl (C=O) groups excluding carboxylic acids is 2. The van der Waals surface area contributed by atoms with E-state index in [1.54, 1.807) is 0 Å². The van der Waals surface area contributed by atoms with Gasteiger partial charge in [0.05, 0.1) is 5.92 Å². The predicted octanol–water partition coefficient (Wildman–Crippen LogP) is 2.92. The number of para-hydroxylation sites is 1. The average Bonchev–Trinajstić information content (AvgIpc) is 3.31. The molecule has 1 fully saturated rings. The van der Waals surface area contributed by atoms with Crippen molar-refractivity contribution in [3.05, 3.63) is 71.9 Å². The van der Waals surface area contributed by atoms with Crippen LogP contribution < -0.4 is 5.32 Å². The molecule has 5 nitrogen and oxygen atoms in total. The minimum absolute atomic E-state index is 0.0181. The second-order valence-electron chi connectivity index (χ2n) is 7.38. The van der Waals surface area contributed by atoms with Gasteiger partial charge in [-0.2, -0.15) is 0 Å². The molecule has 0 spiro atoms. The highest BCUT2D eigenvalue weighted by Gasteiger charge is 2.33. The summed E-state index contributed by atoms with van der Waals surface area (Å²) in [5.74, 6) is -0.186. The number of aromatic nitrogens is 1. The quantitative estimate of drug-likeness (QED) is 0.667. The first kappa shape index (κ1) is 18.3. The normalized spacial score (nSPS) is 16.6. The molecular formula is C23H25N3O2. The topological polar surface area (TPSA) is 65.2 Å². The van der Waals surface area contributed by atoms with Crippen LogP contribution in [0.2, 0.25) is 0 Å². The van der Waals surface area contributed by atoms with Crippen molar-refractivity contribution in [3.63, 3.8) is 0 Å². The van der Waals surface area contributed by atoms with Gasteiger partial charge in [0.25, 0.3) is 0 Å². The number of fused-ring (bicyclic) bond motifs is 1. The SMILES string of the molecule is O=C(NCCc1c[nH]c2ccccc12)[C@H]1CC(=O)N(CCc2ccccc2)C1. The van der Waals surface area contributed by atoms with E-state index in [1.807, 2.05) is 47.5 Å². The van der Waals surface area contributed by atoms with Gasteiger partial charge >= 0.3 is 0 Å². The molecule has 2 N–H and O–H groups in total. The van der Waals surface area contributed by atoms with Gasteiger partial charge in [0.1, 0.15) is 0 Å². The van der Waals surface area contributed by atoms with Gasteiger partial charge in [0.2, 0.25) is 11.8 Å². The zero-order valence-corrected chi connectivity index (χ0v) is 15.9. The first-order chi connectivity index (χ1) is 13.7. The third kappa shape index (κ3) is 4.09. The van der Waals surface area contributed by atoms with Gasteiger partial charge in [-0.05, 0) is 30.0 Å². The molecule has 1 saturated heterocycles. The number of rotatable bonds is 7. The summed E-state index contributed by atoms with van der Waals surface area (Å²) < 4.78 is 0. The molecule has 1 atom stereocenters. The van der Waals surface area contributed by atoms with Gasteiger partial charge in [-0.3, -0.25) is 9.59 Å². The molecule has 0 radical (unpaired) electrons. The highest BCUT2D eigenvalue weighted by molar-refractivity contribution is 5.89. The number of benzene rings is 2. The van der Waals surface area contributed by atoms with Crippen LogP contribution in [0.25, 0.3) is 10.9 Å². The highest BCUT2D eigenvalue weighted by atomic mass is 16.2. The van der Waals surface area contributed by atoms with E-state index in [0.29, 0.717) is 26.1 Å². The van der Waals surface area contributed by atoms with Crippen molar-refractivity contribution in [1.82, 2.24) is 15.2 Å². The number of likely N-dealkylation sites (tertiary alicyclic amines) is 1. The lowest BCUT2D eigenvalue weighted by atomic mass is 10.1. The summed E-state index contributed by atoms with van der Waals surface area (Å²) in [4.78, 5) is 29.8. The Hall–Kier alpha value is -3.08. The Morgan fingerprint density at radius 1 is 1.07 bits per heavy atom. The van der Waals surface area contributed by atoms with Crippen molar-refractivity contribution in [2.45, 2.75) is 19.3 Å². The van der Waals surface area contributed by atoms with Crippen LogP contribution >= 0.6 is 0 Å². The molecule has 1 aromatic heterocycles. The molecule has 2 amide bonds. The molecule has 3 aromatic rings. The smallest absolute Gasteiger partial charge is 0.225 e. The first-order valence-electron chi connectivity index (χ1n) is 9.85. The maximum absolute atomic E-state index is 12.5. The molecule has 1 aliphatic rings. The minimum atomic E-state index is -0.244. The summed E-state index contributed by atoms with van der Waals surface area (Å²) in [5.41, 5.74) is 3.52. The second-order valence-corrected chi connectivity index (χ2v) is 7.38. The Labute approximate surface area is 164 Å². The molecule has 28 heavy (non-hydrogen) atoms. The van der Waals surface area contributed by atoms with Crippen LogP contribution in [0, 0.1) is 5.92 Å². The predicted molar refractivity (Wildman–Crippen MR) is 110 cm³/mol. The van der Waals surface area contributed by atoms with Crippen molar-refractivity contribution in [3.8, 4) is 0 Å². The number of H-pyrrole nitrogens is 1. The zero-order valence-electron chi connectivity index (χ0n) is 15.9. The van der Waals surface area contributed by atoms with E-state index in [-0.39, 0.29) is 17.7 Å². The molecule has 0 unspecified atom stereocenters. The number of hydrogen-bond acceptors (Lipinski definition) is 2. The molecule has 2 heterocycles. The van der Waals surface area contributed by atoms with Crippen molar-refractivity contribution in [1.29, 1.82) is 0 Å². The first-order valence-corrected chi connectivity index (χ1v) is 9.85. The molecule has 0 saturated carbocycles. The fourth-order valence-corrected chi connectivity index (χ4v) is 3.88. The molecule has 0 aliphatic carbocycles. The Morgan fingerprint density at radius 2 is 1.86 bits per heavy atom. The summed E-state index contributed by atoms with van der Waals surface area (Å²) in [6.07, 6.45) is 3.91. The third-order valence-corrected chi connectivity index (χ3v) is 5.47. The molecule has 5 heteroatoms.